The molecule has 1 aliphatic carbocycles. The van der Waals surface area contributed by atoms with E-state index in [1.165, 1.54) is 0 Å². The zero-order chi connectivity index (χ0) is 21.7. The predicted octanol–water partition coefficient (Wildman–Crippen LogP) is 5.13. The molecule has 0 aliphatic heterocycles. The van der Waals surface area contributed by atoms with Gasteiger partial charge in [0.05, 0.1) is 11.1 Å². The van der Waals surface area contributed by atoms with E-state index in [2.05, 4.69) is 6.92 Å². The fourth-order valence-electron chi connectivity index (χ4n) is 3.54. The van der Waals surface area contributed by atoms with Gasteiger partial charge >= 0.3 is 11.9 Å². The highest BCUT2D eigenvalue weighted by molar-refractivity contribution is 5.89. The maximum absolute atomic E-state index is 12.4. The fraction of sp³-hybridized carbons (Fsp3) is 0.417. The first-order valence-electron chi connectivity index (χ1n) is 10.2. The van der Waals surface area contributed by atoms with Crippen molar-refractivity contribution in [2.45, 2.75) is 58.7 Å². The summed E-state index contributed by atoms with van der Waals surface area (Å²) in [6.45, 7) is 7.69. The second-order valence-electron chi connectivity index (χ2n) is 8.34. The molecule has 3 unspecified atom stereocenters. The van der Waals surface area contributed by atoms with Crippen molar-refractivity contribution in [3.05, 3.63) is 70.8 Å². The predicted molar refractivity (Wildman–Crippen MR) is 111 cm³/mol. The van der Waals surface area contributed by atoms with Crippen molar-refractivity contribution in [2.75, 3.05) is 0 Å². The molecule has 1 aliphatic rings. The molecule has 6 nitrogen and oxygen atoms in total. The Hall–Kier alpha value is -2.70. The van der Waals surface area contributed by atoms with E-state index < -0.39 is 23.6 Å². The van der Waals surface area contributed by atoms with E-state index in [0.717, 1.165) is 17.5 Å². The lowest BCUT2D eigenvalue weighted by atomic mass is 9.78. The standard InChI is InChI=1S/C24H28O6/c1-16-7-5-9-19(13-16)22(25)28-27-21-15-18(3)11-12-24(21,4)30-29-23(26)20-10-6-8-17(2)14-20/h5-10,13-14,18,21H,11-12,15H2,1-4H3. The van der Waals surface area contributed by atoms with Crippen LogP contribution in [0.5, 0.6) is 0 Å². The van der Waals surface area contributed by atoms with Crippen molar-refractivity contribution in [2.24, 2.45) is 5.92 Å². The van der Waals surface area contributed by atoms with Crippen LogP contribution in [-0.2, 0) is 19.6 Å². The Kier molecular flexibility index (Phi) is 6.90. The van der Waals surface area contributed by atoms with Gasteiger partial charge in [-0.25, -0.2) is 9.59 Å². The second-order valence-corrected chi connectivity index (χ2v) is 8.34. The highest BCUT2D eigenvalue weighted by atomic mass is 17.2. The maximum atomic E-state index is 12.4. The molecule has 6 heteroatoms. The Labute approximate surface area is 176 Å². The monoisotopic (exact) mass is 412 g/mol. The molecule has 3 atom stereocenters. The molecule has 0 radical (unpaired) electrons. The van der Waals surface area contributed by atoms with Crippen LogP contribution in [0.3, 0.4) is 0 Å². The highest BCUT2D eigenvalue weighted by Gasteiger charge is 2.45. The summed E-state index contributed by atoms with van der Waals surface area (Å²) in [6.07, 6.45) is 1.52. The third-order valence-electron chi connectivity index (χ3n) is 5.49. The van der Waals surface area contributed by atoms with Gasteiger partial charge in [-0.2, -0.15) is 9.78 Å². The van der Waals surface area contributed by atoms with Crippen molar-refractivity contribution in [1.82, 2.24) is 0 Å². The summed E-state index contributed by atoms with van der Waals surface area (Å²) < 4.78 is 0. The first-order chi connectivity index (χ1) is 14.3. The number of rotatable bonds is 6. The molecule has 160 valence electrons. The molecule has 2 aromatic rings. The van der Waals surface area contributed by atoms with E-state index in [4.69, 9.17) is 19.6 Å². The minimum Gasteiger partial charge on any atom is -0.292 e. The topological polar surface area (TPSA) is 71.1 Å². The first-order valence-corrected chi connectivity index (χ1v) is 10.2. The average molecular weight is 412 g/mol. The zero-order valence-electron chi connectivity index (χ0n) is 17.8. The van der Waals surface area contributed by atoms with E-state index in [1.54, 1.807) is 43.3 Å². The molecule has 0 spiro atoms. The summed E-state index contributed by atoms with van der Waals surface area (Å²) in [7, 11) is 0. The Morgan fingerprint density at radius 2 is 1.50 bits per heavy atom. The molecule has 30 heavy (non-hydrogen) atoms. The van der Waals surface area contributed by atoms with Gasteiger partial charge in [0.15, 0.2) is 0 Å². The van der Waals surface area contributed by atoms with Gasteiger partial charge < -0.3 is 0 Å². The summed E-state index contributed by atoms with van der Waals surface area (Å²) in [6, 6.07) is 14.2. The largest absolute Gasteiger partial charge is 0.373 e. The van der Waals surface area contributed by atoms with E-state index in [0.29, 0.717) is 29.9 Å². The Balaban J connectivity index is 1.64. The molecule has 0 N–H and O–H groups in total. The normalized spacial score (nSPS) is 23.6. The molecule has 0 heterocycles. The van der Waals surface area contributed by atoms with Crippen LogP contribution in [0.15, 0.2) is 48.5 Å². The molecule has 3 rings (SSSR count). The van der Waals surface area contributed by atoms with Gasteiger partial charge in [-0.05, 0) is 70.2 Å². The first kappa shape index (κ1) is 22.0. The number of carbonyl (C=O) groups excluding carboxylic acids is 2. The number of carbonyl (C=O) groups is 2. The molecule has 1 fully saturated rings. The van der Waals surface area contributed by atoms with Gasteiger partial charge in [-0.1, -0.05) is 42.3 Å². The third kappa shape index (κ3) is 5.46. The average Bonchev–Trinajstić information content (AvgIpc) is 2.72. The van der Waals surface area contributed by atoms with E-state index in [9.17, 15) is 9.59 Å². The van der Waals surface area contributed by atoms with Crippen LogP contribution in [0, 0.1) is 19.8 Å². The van der Waals surface area contributed by atoms with Crippen molar-refractivity contribution >= 4 is 11.9 Å². The summed E-state index contributed by atoms with van der Waals surface area (Å²) in [5, 5.41) is 0. The van der Waals surface area contributed by atoms with Crippen LogP contribution in [-0.4, -0.2) is 23.6 Å². The smallest absolute Gasteiger partial charge is 0.292 e. The van der Waals surface area contributed by atoms with Crippen molar-refractivity contribution in [1.29, 1.82) is 0 Å². The molecule has 1 saturated carbocycles. The van der Waals surface area contributed by atoms with Crippen LogP contribution < -0.4 is 0 Å². The molecule has 0 amide bonds. The van der Waals surface area contributed by atoms with Gasteiger partial charge in [0.1, 0.15) is 11.7 Å². The van der Waals surface area contributed by atoms with Gasteiger partial charge in [-0.15, -0.1) is 0 Å². The van der Waals surface area contributed by atoms with Crippen LogP contribution in [0.1, 0.15) is 65.0 Å². The second kappa shape index (κ2) is 9.41. The summed E-state index contributed by atoms with van der Waals surface area (Å²) in [4.78, 5) is 46.1. The third-order valence-corrected chi connectivity index (χ3v) is 5.49. The zero-order valence-corrected chi connectivity index (χ0v) is 17.8. The van der Waals surface area contributed by atoms with Crippen LogP contribution in [0.25, 0.3) is 0 Å². The van der Waals surface area contributed by atoms with Crippen molar-refractivity contribution < 1.29 is 29.1 Å². The Morgan fingerprint density at radius 3 is 2.07 bits per heavy atom. The lowest BCUT2D eigenvalue weighted by molar-refractivity contribution is -0.388. The van der Waals surface area contributed by atoms with Crippen LogP contribution in [0.4, 0.5) is 0 Å². The van der Waals surface area contributed by atoms with Gasteiger partial charge in [0.2, 0.25) is 0 Å². The van der Waals surface area contributed by atoms with E-state index >= 15 is 0 Å². The number of aryl methyl sites for hydroxylation is 2. The van der Waals surface area contributed by atoms with Crippen LogP contribution in [0.2, 0.25) is 0 Å². The molecular weight excluding hydrogens is 384 g/mol. The van der Waals surface area contributed by atoms with Gasteiger partial charge in [0, 0.05) is 0 Å². The minimum absolute atomic E-state index is 0.358. The van der Waals surface area contributed by atoms with Crippen LogP contribution >= 0.6 is 0 Å². The number of benzene rings is 2. The SMILES string of the molecule is Cc1cccc(C(=O)OOC2CC(C)CCC2(C)OOC(=O)c2cccc(C)c2)c1. The highest BCUT2D eigenvalue weighted by Crippen LogP contribution is 2.37. The van der Waals surface area contributed by atoms with E-state index in [-0.39, 0.29) is 0 Å². The minimum atomic E-state index is -0.932. The quantitative estimate of drug-likeness (QED) is 0.484. The fourth-order valence-corrected chi connectivity index (χ4v) is 3.54. The van der Waals surface area contributed by atoms with Crippen molar-refractivity contribution in [3.8, 4) is 0 Å². The maximum Gasteiger partial charge on any atom is 0.373 e. The molecular formula is C24H28O6. The van der Waals surface area contributed by atoms with Crippen molar-refractivity contribution in [3.63, 3.8) is 0 Å². The van der Waals surface area contributed by atoms with Gasteiger partial charge in [-0.3, -0.25) is 9.78 Å². The summed E-state index contributed by atoms with van der Waals surface area (Å²) >= 11 is 0. The lowest BCUT2D eigenvalue weighted by Crippen LogP contribution is -2.48. The molecule has 0 saturated heterocycles. The molecule has 0 bridgehead atoms. The number of hydrogen-bond donors (Lipinski definition) is 0. The Morgan fingerprint density at radius 1 is 0.933 bits per heavy atom. The lowest BCUT2D eigenvalue weighted by Gasteiger charge is -2.39. The molecule has 0 aromatic heterocycles. The number of hydrogen-bond acceptors (Lipinski definition) is 6. The van der Waals surface area contributed by atoms with E-state index in [1.807, 2.05) is 26.0 Å². The molecule has 2 aromatic carbocycles. The summed E-state index contributed by atoms with van der Waals surface area (Å²) in [5.41, 5.74) is 1.79. The Bertz CT molecular complexity index is 908. The summed E-state index contributed by atoms with van der Waals surface area (Å²) in [5.74, 6) is -0.790. The van der Waals surface area contributed by atoms with Gasteiger partial charge in [0.25, 0.3) is 0 Å².